The first-order valence-electron chi connectivity index (χ1n) is 9.97. The van der Waals surface area contributed by atoms with Gasteiger partial charge in [-0.15, -0.1) is 16.8 Å². The fraction of sp³-hybridized carbons (Fsp3) is 0.217. The molecule has 3 rings (SSSR count). The molecule has 0 aliphatic carbocycles. The number of benzene rings is 2. The molecule has 0 bridgehead atoms. The topological polar surface area (TPSA) is 88.9 Å². The van der Waals surface area contributed by atoms with Crippen molar-refractivity contribution in [1.82, 2.24) is 20.1 Å². The van der Waals surface area contributed by atoms with Gasteiger partial charge in [-0.1, -0.05) is 47.1 Å². The Kier molecular flexibility index (Phi) is 8.08. The Morgan fingerprint density at radius 3 is 2.50 bits per heavy atom. The molecule has 0 aliphatic heterocycles. The van der Waals surface area contributed by atoms with Crippen LogP contribution in [0.15, 0.2) is 66.3 Å². The highest BCUT2D eigenvalue weighted by molar-refractivity contribution is 7.99. The van der Waals surface area contributed by atoms with Crippen LogP contribution in [0.3, 0.4) is 0 Å². The van der Waals surface area contributed by atoms with Crippen molar-refractivity contribution in [3.05, 3.63) is 83.2 Å². The van der Waals surface area contributed by atoms with Crippen molar-refractivity contribution < 1.29 is 9.59 Å². The number of halogens is 1. The third-order valence-corrected chi connectivity index (χ3v) is 5.78. The predicted molar refractivity (Wildman–Crippen MR) is 128 cm³/mol. The summed E-state index contributed by atoms with van der Waals surface area (Å²) >= 11 is 7.13. The largest absolute Gasteiger partial charge is 0.342 e. The van der Waals surface area contributed by atoms with Gasteiger partial charge in [0.2, 0.25) is 5.91 Å². The average molecular weight is 470 g/mol. The monoisotopic (exact) mass is 469 g/mol. The van der Waals surface area contributed by atoms with Gasteiger partial charge in [-0.25, -0.2) is 0 Å². The molecule has 1 atom stereocenters. The third kappa shape index (κ3) is 6.21. The Labute approximate surface area is 196 Å². The van der Waals surface area contributed by atoms with E-state index in [4.69, 9.17) is 11.6 Å². The van der Waals surface area contributed by atoms with Crippen LogP contribution in [0.25, 0.3) is 0 Å². The molecule has 7 nitrogen and oxygen atoms in total. The van der Waals surface area contributed by atoms with E-state index in [-0.39, 0.29) is 23.6 Å². The van der Waals surface area contributed by atoms with Gasteiger partial charge in [0.1, 0.15) is 0 Å². The van der Waals surface area contributed by atoms with Crippen molar-refractivity contribution in [2.45, 2.75) is 31.6 Å². The van der Waals surface area contributed by atoms with Crippen molar-refractivity contribution in [2.75, 3.05) is 11.1 Å². The number of nitrogens with zero attached hydrogens (tertiary/aromatic N) is 3. The summed E-state index contributed by atoms with van der Waals surface area (Å²) in [5.41, 5.74) is 2.33. The highest BCUT2D eigenvalue weighted by atomic mass is 35.5. The number of hydrogen-bond acceptors (Lipinski definition) is 5. The lowest BCUT2D eigenvalue weighted by Crippen LogP contribution is -2.28. The van der Waals surface area contributed by atoms with Crippen LogP contribution in [0.5, 0.6) is 0 Å². The van der Waals surface area contributed by atoms with Crippen molar-refractivity contribution in [2.24, 2.45) is 0 Å². The van der Waals surface area contributed by atoms with Crippen LogP contribution in [0.2, 0.25) is 5.02 Å². The molecule has 0 unspecified atom stereocenters. The summed E-state index contributed by atoms with van der Waals surface area (Å²) in [6.45, 7) is 8.06. The highest BCUT2D eigenvalue weighted by Gasteiger charge is 2.20. The summed E-state index contributed by atoms with van der Waals surface area (Å²) in [5.74, 6) is 0.378. The predicted octanol–water partition coefficient (Wildman–Crippen LogP) is 4.65. The summed E-state index contributed by atoms with van der Waals surface area (Å²) < 4.78 is 1.84. The molecule has 9 heteroatoms. The molecule has 2 amide bonds. The first-order valence-corrected chi connectivity index (χ1v) is 11.3. The van der Waals surface area contributed by atoms with E-state index in [9.17, 15) is 9.59 Å². The summed E-state index contributed by atoms with van der Waals surface area (Å²) in [6, 6.07) is 13.9. The van der Waals surface area contributed by atoms with Gasteiger partial charge in [0, 0.05) is 22.8 Å². The van der Waals surface area contributed by atoms with E-state index in [1.165, 1.54) is 11.8 Å². The molecule has 166 valence electrons. The number of aromatic nitrogens is 3. The molecule has 0 fully saturated rings. The SMILES string of the molecule is C=CCn1c(SCC(=O)Nc2ccc(Cl)cc2)nnc1[C@@H](C)NC(=O)c1ccc(C)cc1. The van der Waals surface area contributed by atoms with Crippen molar-refractivity contribution in [3.63, 3.8) is 0 Å². The van der Waals surface area contributed by atoms with E-state index < -0.39 is 0 Å². The number of anilines is 1. The number of aryl methyl sites for hydroxylation is 1. The number of amides is 2. The molecule has 2 N–H and O–H groups in total. The summed E-state index contributed by atoms with van der Waals surface area (Å²) in [7, 11) is 0. The molecule has 1 aromatic heterocycles. The van der Waals surface area contributed by atoms with Gasteiger partial charge in [-0.3, -0.25) is 9.59 Å². The van der Waals surface area contributed by atoms with Gasteiger partial charge < -0.3 is 15.2 Å². The third-order valence-electron chi connectivity index (χ3n) is 4.57. The van der Waals surface area contributed by atoms with Crippen LogP contribution in [-0.2, 0) is 11.3 Å². The second-order valence-corrected chi connectivity index (χ2v) is 8.52. The van der Waals surface area contributed by atoms with Crippen molar-refractivity contribution >= 4 is 40.9 Å². The van der Waals surface area contributed by atoms with E-state index in [2.05, 4.69) is 27.4 Å². The molecular weight excluding hydrogens is 446 g/mol. The molecule has 0 aliphatic rings. The Morgan fingerprint density at radius 2 is 1.84 bits per heavy atom. The molecular formula is C23H24ClN5O2S. The number of rotatable bonds is 9. The zero-order valence-corrected chi connectivity index (χ0v) is 19.4. The maximum atomic E-state index is 12.6. The van der Waals surface area contributed by atoms with Crippen LogP contribution in [0.1, 0.15) is 34.7 Å². The second kappa shape index (κ2) is 11.0. The molecule has 32 heavy (non-hydrogen) atoms. The standard InChI is InChI=1S/C23H24ClN5O2S/c1-4-13-29-21(16(3)25-22(31)17-7-5-15(2)6-8-17)27-28-23(29)32-14-20(30)26-19-11-9-18(24)10-12-19/h4-12,16H,1,13-14H2,2-3H3,(H,25,31)(H,26,30)/t16-/m1/s1. The first kappa shape index (κ1) is 23.6. The highest BCUT2D eigenvalue weighted by Crippen LogP contribution is 2.22. The lowest BCUT2D eigenvalue weighted by Gasteiger charge is -2.15. The van der Waals surface area contributed by atoms with Crippen LogP contribution in [-0.4, -0.2) is 32.3 Å². The number of allylic oxidation sites excluding steroid dienone is 1. The van der Waals surface area contributed by atoms with Gasteiger partial charge >= 0.3 is 0 Å². The van der Waals surface area contributed by atoms with Crippen LogP contribution in [0.4, 0.5) is 5.69 Å². The summed E-state index contributed by atoms with van der Waals surface area (Å²) in [4.78, 5) is 24.9. The molecule has 0 saturated heterocycles. The zero-order chi connectivity index (χ0) is 23.1. The normalized spacial score (nSPS) is 11.6. The first-order chi connectivity index (χ1) is 15.4. The number of hydrogen-bond donors (Lipinski definition) is 2. The van der Waals surface area contributed by atoms with Crippen LogP contribution in [0, 0.1) is 6.92 Å². The van der Waals surface area contributed by atoms with E-state index in [1.807, 2.05) is 30.5 Å². The molecule has 0 saturated carbocycles. The lowest BCUT2D eigenvalue weighted by atomic mass is 10.1. The number of nitrogens with one attached hydrogen (secondary N) is 2. The van der Waals surface area contributed by atoms with E-state index in [0.717, 1.165) is 5.56 Å². The van der Waals surface area contributed by atoms with Crippen LogP contribution >= 0.6 is 23.4 Å². The number of carbonyl (C=O) groups excluding carboxylic acids is 2. The van der Waals surface area contributed by atoms with Crippen LogP contribution < -0.4 is 10.6 Å². The fourth-order valence-electron chi connectivity index (χ4n) is 2.94. The van der Waals surface area contributed by atoms with Crippen molar-refractivity contribution in [3.8, 4) is 0 Å². The average Bonchev–Trinajstić information content (AvgIpc) is 3.17. The molecule has 0 radical (unpaired) electrons. The zero-order valence-electron chi connectivity index (χ0n) is 17.8. The quantitative estimate of drug-likeness (QED) is 0.352. The molecule has 3 aromatic rings. The Bertz CT molecular complexity index is 1100. The Hall–Kier alpha value is -3.10. The minimum absolute atomic E-state index is 0.155. The molecule has 0 spiro atoms. The minimum atomic E-state index is -0.381. The molecule has 2 aromatic carbocycles. The fourth-order valence-corrected chi connectivity index (χ4v) is 3.82. The Balaban J connectivity index is 1.65. The smallest absolute Gasteiger partial charge is 0.251 e. The van der Waals surface area contributed by atoms with Gasteiger partial charge in [0.05, 0.1) is 11.8 Å². The minimum Gasteiger partial charge on any atom is -0.342 e. The molecule has 1 heterocycles. The van der Waals surface area contributed by atoms with E-state index in [1.54, 1.807) is 42.5 Å². The van der Waals surface area contributed by atoms with Gasteiger partial charge in [0.25, 0.3) is 5.91 Å². The Morgan fingerprint density at radius 1 is 1.16 bits per heavy atom. The summed E-state index contributed by atoms with van der Waals surface area (Å²) in [6.07, 6.45) is 1.72. The maximum Gasteiger partial charge on any atom is 0.251 e. The number of thioether (sulfide) groups is 1. The van der Waals surface area contributed by atoms with Gasteiger partial charge in [-0.2, -0.15) is 0 Å². The van der Waals surface area contributed by atoms with Gasteiger partial charge in [0.15, 0.2) is 11.0 Å². The van der Waals surface area contributed by atoms with Gasteiger partial charge in [-0.05, 0) is 50.2 Å². The summed E-state index contributed by atoms with van der Waals surface area (Å²) in [5, 5.41) is 15.4. The van der Waals surface area contributed by atoms with E-state index >= 15 is 0 Å². The lowest BCUT2D eigenvalue weighted by molar-refractivity contribution is -0.113. The number of carbonyl (C=O) groups is 2. The van der Waals surface area contributed by atoms with Crippen molar-refractivity contribution in [1.29, 1.82) is 0 Å². The maximum absolute atomic E-state index is 12.6. The second-order valence-electron chi connectivity index (χ2n) is 7.14. The van der Waals surface area contributed by atoms with E-state index in [0.29, 0.717) is 33.8 Å².